The molecule has 1 atom stereocenters. The average molecular weight is 211 g/mol. The number of aryl methyl sites for hydroxylation is 1. The van der Waals surface area contributed by atoms with Gasteiger partial charge in [0.05, 0.1) is 13.3 Å². The second kappa shape index (κ2) is 4.93. The lowest BCUT2D eigenvalue weighted by Crippen LogP contribution is -2.22. The Balaban J connectivity index is 2.99. The molecule has 5 nitrogen and oxygen atoms in total. The molecule has 0 radical (unpaired) electrons. The van der Waals surface area contributed by atoms with Crippen LogP contribution in [0.25, 0.3) is 0 Å². The Hall–Kier alpha value is -1.36. The van der Waals surface area contributed by atoms with Gasteiger partial charge in [-0.1, -0.05) is 0 Å². The van der Waals surface area contributed by atoms with Crippen molar-refractivity contribution in [3.63, 3.8) is 0 Å². The van der Waals surface area contributed by atoms with Crippen LogP contribution in [0, 0.1) is 0 Å². The summed E-state index contributed by atoms with van der Waals surface area (Å²) in [7, 11) is 1.53. The van der Waals surface area contributed by atoms with Crippen LogP contribution in [0.5, 0.6) is 5.75 Å². The normalized spacial score (nSPS) is 12.5. The number of ether oxygens (including phenoxy) is 1. The van der Waals surface area contributed by atoms with E-state index in [1.807, 2.05) is 6.92 Å². The molecule has 1 aromatic heterocycles. The molecule has 1 unspecified atom stereocenters. The Kier molecular flexibility index (Phi) is 3.85. The fraction of sp³-hybridized carbons (Fsp3) is 0.600. The third kappa shape index (κ3) is 2.56. The molecule has 2 N–H and O–H groups in total. The summed E-state index contributed by atoms with van der Waals surface area (Å²) in [4.78, 5) is 11.9. The summed E-state index contributed by atoms with van der Waals surface area (Å²) < 4.78 is 6.71. The molecule has 0 spiro atoms. The average Bonchev–Trinajstić information content (AvgIpc) is 2.58. The zero-order valence-corrected chi connectivity index (χ0v) is 9.36. The van der Waals surface area contributed by atoms with Gasteiger partial charge in [0.2, 0.25) is 0 Å². The van der Waals surface area contributed by atoms with Crippen LogP contribution in [0.4, 0.5) is 0 Å². The molecule has 15 heavy (non-hydrogen) atoms. The number of hydrogen-bond donors (Lipinski definition) is 1. The molecule has 0 saturated carbocycles. The van der Waals surface area contributed by atoms with Gasteiger partial charge in [0, 0.05) is 19.0 Å². The maximum absolute atomic E-state index is 11.9. The van der Waals surface area contributed by atoms with Gasteiger partial charge in [-0.3, -0.25) is 9.48 Å². The fourth-order valence-electron chi connectivity index (χ4n) is 1.43. The third-order valence-electron chi connectivity index (χ3n) is 2.10. The van der Waals surface area contributed by atoms with Gasteiger partial charge in [-0.2, -0.15) is 5.10 Å². The molecule has 0 saturated heterocycles. The van der Waals surface area contributed by atoms with Crippen LogP contribution < -0.4 is 10.5 Å². The molecule has 1 heterocycles. The first-order valence-electron chi connectivity index (χ1n) is 4.98. The van der Waals surface area contributed by atoms with Crippen LogP contribution in [0.3, 0.4) is 0 Å². The molecular weight excluding hydrogens is 194 g/mol. The molecule has 0 aliphatic rings. The standard InChI is InChI=1S/C10H17N3O2/c1-4-13-10(8(14)5-7(2)11)9(15-3)6-12-13/h6-7H,4-5,11H2,1-3H3. The quantitative estimate of drug-likeness (QED) is 0.732. The van der Waals surface area contributed by atoms with Crippen molar-refractivity contribution >= 4 is 5.78 Å². The Bertz CT molecular complexity index is 323. The van der Waals surface area contributed by atoms with Gasteiger partial charge in [0.1, 0.15) is 5.69 Å². The van der Waals surface area contributed by atoms with E-state index in [4.69, 9.17) is 10.5 Å². The highest BCUT2D eigenvalue weighted by atomic mass is 16.5. The smallest absolute Gasteiger partial charge is 0.186 e. The van der Waals surface area contributed by atoms with Crippen LogP contribution in [-0.2, 0) is 6.54 Å². The van der Waals surface area contributed by atoms with Gasteiger partial charge in [-0.05, 0) is 13.8 Å². The van der Waals surface area contributed by atoms with Gasteiger partial charge in [0.15, 0.2) is 11.5 Å². The van der Waals surface area contributed by atoms with E-state index in [0.717, 1.165) is 0 Å². The van der Waals surface area contributed by atoms with E-state index in [2.05, 4.69) is 5.10 Å². The molecule has 0 bridgehead atoms. The minimum atomic E-state index is -0.151. The van der Waals surface area contributed by atoms with Crippen molar-refractivity contribution in [2.75, 3.05) is 7.11 Å². The lowest BCUT2D eigenvalue weighted by atomic mass is 10.1. The summed E-state index contributed by atoms with van der Waals surface area (Å²) in [5, 5.41) is 4.06. The zero-order chi connectivity index (χ0) is 11.4. The van der Waals surface area contributed by atoms with Crippen molar-refractivity contribution in [1.82, 2.24) is 9.78 Å². The van der Waals surface area contributed by atoms with E-state index in [1.165, 1.54) is 7.11 Å². The predicted molar refractivity (Wildman–Crippen MR) is 57.0 cm³/mol. The van der Waals surface area contributed by atoms with Gasteiger partial charge in [-0.15, -0.1) is 0 Å². The number of methoxy groups -OCH3 is 1. The first-order valence-corrected chi connectivity index (χ1v) is 4.98. The third-order valence-corrected chi connectivity index (χ3v) is 2.10. The van der Waals surface area contributed by atoms with E-state index in [0.29, 0.717) is 24.4 Å². The van der Waals surface area contributed by atoms with Gasteiger partial charge >= 0.3 is 0 Å². The zero-order valence-electron chi connectivity index (χ0n) is 9.36. The molecule has 84 valence electrons. The second-order valence-corrected chi connectivity index (χ2v) is 3.48. The van der Waals surface area contributed by atoms with E-state index in [9.17, 15) is 4.79 Å². The number of carbonyl (C=O) groups is 1. The molecule has 0 aliphatic heterocycles. The lowest BCUT2D eigenvalue weighted by molar-refractivity contribution is 0.0963. The van der Waals surface area contributed by atoms with E-state index < -0.39 is 0 Å². The fourth-order valence-corrected chi connectivity index (χ4v) is 1.43. The predicted octanol–water partition coefficient (Wildman–Crippen LogP) is 0.832. The van der Waals surface area contributed by atoms with Gasteiger partial charge in [-0.25, -0.2) is 0 Å². The van der Waals surface area contributed by atoms with Crippen molar-refractivity contribution < 1.29 is 9.53 Å². The van der Waals surface area contributed by atoms with Crippen molar-refractivity contribution in [3.8, 4) is 5.75 Å². The van der Waals surface area contributed by atoms with Crippen molar-refractivity contribution in [3.05, 3.63) is 11.9 Å². The Morgan fingerprint density at radius 1 is 1.73 bits per heavy atom. The van der Waals surface area contributed by atoms with Crippen molar-refractivity contribution in [2.24, 2.45) is 5.73 Å². The number of carbonyl (C=O) groups excluding carboxylic acids is 1. The highest BCUT2D eigenvalue weighted by Gasteiger charge is 2.19. The molecule has 0 aliphatic carbocycles. The van der Waals surface area contributed by atoms with Crippen molar-refractivity contribution in [1.29, 1.82) is 0 Å². The Labute approximate surface area is 89.2 Å². The SMILES string of the molecule is CCn1ncc(OC)c1C(=O)CC(C)N. The van der Waals surface area contributed by atoms with Crippen LogP contribution in [-0.4, -0.2) is 28.7 Å². The first kappa shape index (κ1) is 11.7. The minimum Gasteiger partial charge on any atom is -0.493 e. The summed E-state index contributed by atoms with van der Waals surface area (Å²) in [6, 6.07) is -0.151. The topological polar surface area (TPSA) is 70.1 Å². The number of Topliss-reactive ketones (excluding diaryl/α,β-unsaturated/α-hetero) is 1. The molecule has 1 aromatic rings. The highest BCUT2D eigenvalue weighted by molar-refractivity contribution is 5.97. The van der Waals surface area contributed by atoms with E-state index in [1.54, 1.807) is 17.8 Å². The first-order chi connectivity index (χ1) is 7.10. The van der Waals surface area contributed by atoms with Crippen LogP contribution in [0.1, 0.15) is 30.8 Å². The summed E-state index contributed by atoms with van der Waals surface area (Å²) in [6.45, 7) is 4.37. The van der Waals surface area contributed by atoms with Crippen LogP contribution in [0.15, 0.2) is 6.20 Å². The van der Waals surface area contributed by atoms with Crippen molar-refractivity contribution in [2.45, 2.75) is 32.9 Å². The number of nitrogens with two attached hydrogens (primary N) is 1. The number of hydrogen-bond acceptors (Lipinski definition) is 4. The highest BCUT2D eigenvalue weighted by Crippen LogP contribution is 2.19. The van der Waals surface area contributed by atoms with Gasteiger partial charge in [0.25, 0.3) is 0 Å². The van der Waals surface area contributed by atoms with Gasteiger partial charge < -0.3 is 10.5 Å². The Morgan fingerprint density at radius 2 is 2.40 bits per heavy atom. The molecule has 0 amide bonds. The number of nitrogens with zero attached hydrogens (tertiary/aromatic N) is 2. The number of rotatable bonds is 5. The summed E-state index contributed by atoms with van der Waals surface area (Å²) in [5.41, 5.74) is 6.10. The van der Waals surface area contributed by atoms with Crippen LogP contribution in [0.2, 0.25) is 0 Å². The summed E-state index contributed by atoms with van der Waals surface area (Å²) >= 11 is 0. The minimum absolute atomic E-state index is 0.0267. The van der Waals surface area contributed by atoms with E-state index >= 15 is 0 Å². The lowest BCUT2D eigenvalue weighted by Gasteiger charge is -2.07. The molecule has 0 aromatic carbocycles. The van der Waals surface area contributed by atoms with Crippen LogP contribution >= 0.6 is 0 Å². The maximum atomic E-state index is 11.9. The number of aromatic nitrogens is 2. The summed E-state index contributed by atoms with van der Waals surface area (Å²) in [6.07, 6.45) is 1.86. The number of ketones is 1. The van der Waals surface area contributed by atoms with E-state index in [-0.39, 0.29) is 11.8 Å². The Morgan fingerprint density at radius 3 is 2.87 bits per heavy atom. The monoisotopic (exact) mass is 211 g/mol. The largest absolute Gasteiger partial charge is 0.493 e. The maximum Gasteiger partial charge on any atom is 0.186 e. The summed E-state index contributed by atoms with van der Waals surface area (Å²) in [5.74, 6) is 0.490. The molecule has 0 fully saturated rings. The second-order valence-electron chi connectivity index (χ2n) is 3.48. The molecule has 5 heteroatoms. The molecular formula is C10H17N3O2. The molecule has 1 rings (SSSR count).